The fraction of sp³-hybridized carbons (Fsp3) is 0.417. The van der Waals surface area contributed by atoms with Crippen molar-refractivity contribution in [3.63, 3.8) is 0 Å². The fourth-order valence-electron chi connectivity index (χ4n) is 1.70. The van der Waals surface area contributed by atoms with Gasteiger partial charge in [-0.2, -0.15) is 0 Å². The molecule has 0 heterocycles. The van der Waals surface area contributed by atoms with E-state index >= 15 is 0 Å². The van der Waals surface area contributed by atoms with Gasteiger partial charge in [0.2, 0.25) is 0 Å². The van der Waals surface area contributed by atoms with E-state index in [1.165, 1.54) is 0 Å². The fourth-order valence-corrected chi connectivity index (χ4v) is 4.57. The van der Waals surface area contributed by atoms with Crippen LogP contribution >= 0.6 is 11.6 Å². The number of hydrogen-bond acceptors (Lipinski definition) is 2. The summed E-state index contributed by atoms with van der Waals surface area (Å²) in [4.78, 5) is 11.0. The average Bonchev–Trinajstić information content (AvgIpc) is 2.19. The Hall–Kier alpha value is -0.803. The molecule has 0 aliphatic heterocycles. The first-order valence-electron chi connectivity index (χ1n) is 5.32. The van der Waals surface area contributed by atoms with E-state index in [1.807, 2.05) is 6.92 Å². The highest BCUT2D eigenvalue weighted by Crippen LogP contribution is 2.26. The van der Waals surface area contributed by atoms with E-state index in [1.54, 1.807) is 12.1 Å². The van der Waals surface area contributed by atoms with Gasteiger partial charge in [-0.1, -0.05) is 31.2 Å². The molecule has 0 aromatic heterocycles. The molecule has 0 bridgehead atoms. The molecule has 0 saturated carbocycles. The molecular weight excluding hydrogens is 240 g/mol. The molecule has 1 rings (SSSR count). The van der Waals surface area contributed by atoms with Gasteiger partial charge in [-0.3, -0.25) is 4.79 Å². The number of hydrogen-bond donors (Lipinski definition) is 0. The third-order valence-corrected chi connectivity index (χ3v) is 4.89. The van der Waals surface area contributed by atoms with Gasteiger partial charge in [0, 0.05) is 5.56 Å². The summed E-state index contributed by atoms with van der Waals surface area (Å²) in [5, 5.41) is 1.58. The lowest BCUT2D eigenvalue weighted by Crippen LogP contribution is -2.41. The van der Waals surface area contributed by atoms with E-state index in [4.69, 9.17) is 16.3 Å². The van der Waals surface area contributed by atoms with Gasteiger partial charge in [0.1, 0.15) is 12.0 Å². The summed E-state index contributed by atoms with van der Waals surface area (Å²) in [7, 11) is -1.65. The first-order chi connectivity index (χ1) is 7.41. The number of halogens is 1. The predicted octanol–water partition coefficient (Wildman–Crippen LogP) is 3.10. The molecule has 0 aliphatic carbocycles. The number of carbonyl (C=O) groups is 1. The SMILES string of the molecule is CCOc1ccc(C=O)c([Si](C)(C)C)c1Cl. The zero-order chi connectivity index (χ0) is 12.3. The molecule has 2 nitrogen and oxygen atoms in total. The van der Waals surface area contributed by atoms with Crippen molar-refractivity contribution in [1.29, 1.82) is 0 Å². The molecule has 0 atom stereocenters. The van der Waals surface area contributed by atoms with Crippen molar-refractivity contribution in [2.45, 2.75) is 26.6 Å². The lowest BCUT2D eigenvalue weighted by molar-refractivity contribution is 0.112. The Morgan fingerprint density at radius 3 is 2.44 bits per heavy atom. The Kier molecular flexibility index (Phi) is 4.16. The van der Waals surface area contributed by atoms with Crippen LogP contribution in [0.3, 0.4) is 0 Å². The second-order valence-electron chi connectivity index (χ2n) is 4.64. The second-order valence-corrected chi connectivity index (χ2v) is 10.0. The van der Waals surface area contributed by atoms with E-state index in [9.17, 15) is 4.79 Å². The first-order valence-corrected chi connectivity index (χ1v) is 9.20. The number of benzene rings is 1. The molecule has 0 N–H and O–H groups in total. The molecule has 4 heteroatoms. The van der Waals surface area contributed by atoms with Crippen LogP contribution in [0.15, 0.2) is 12.1 Å². The summed E-state index contributed by atoms with van der Waals surface area (Å²) in [5.74, 6) is 0.673. The maximum absolute atomic E-state index is 11.0. The molecule has 0 saturated heterocycles. The van der Waals surface area contributed by atoms with Crippen LogP contribution in [0, 0.1) is 0 Å². The van der Waals surface area contributed by atoms with Crippen molar-refractivity contribution in [2.24, 2.45) is 0 Å². The van der Waals surface area contributed by atoms with Crippen LogP contribution in [0.2, 0.25) is 24.7 Å². The highest BCUT2D eigenvalue weighted by Gasteiger charge is 2.25. The van der Waals surface area contributed by atoms with Gasteiger partial charge in [-0.15, -0.1) is 0 Å². The maximum Gasteiger partial charge on any atom is 0.149 e. The van der Waals surface area contributed by atoms with Crippen LogP contribution in [0.5, 0.6) is 5.75 Å². The van der Waals surface area contributed by atoms with Gasteiger partial charge in [0.25, 0.3) is 0 Å². The summed E-state index contributed by atoms with van der Waals surface area (Å²) < 4.78 is 5.45. The lowest BCUT2D eigenvalue weighted by Gasteiger charge is -2.22. The molecule has 0 fully saturated rings. The summed E-state index contributed by atoms with van der Waals surface area (Å²) in [6.45, 7) is 8.98. The zero-order valence-corrected chi connectivity index (χ0v) is 11.9. The molecular formula is C12H17ClO2Si. The highest BCUT2D eigenvalue weighted by atomic mass is 35.5. The van der Waals surface area contributed by atoms with Gasteiger partial charge in [-0.05, 0) is 24.2 Å². The summed E-state index contributed by atoms with van der Waals surface area (Å²) in [6, 6.07) is 3.55. The largest absolute Gasteiger partial charge is 0.492 e. The Morgan fingerprint density at radius 1 is 1.38 bits per heavy atom. The molecule has 1 aromatic rings. The molecule has 16 heavy (non-hydrogen) atoms. The van der Waals surface area contributed by atoms with Crippen molar-refractivity contribution >= 4 is 31.1 Å². The van der Waals surface area contributed by atoms with Crippen LogP contribution < -0.4 is 9.92 Å². The van der Waals surface area contributed by atoms with E-state index in [0.717, 1.165) is 11.5 Å². The van der Waals surface area contributed by atoms with Gasteiger partial charge < -0.3 is 4.74 Å². The summed E-state index contributed by atoms with van der Waals surface area (Å²) in [6.07, 6.45) is 0.870. The quantitative estimate of drug-likeness (QED) is 0.611. The van der Waals surface area contributed by atoms with Crippen molar-refractivity contribution in [3.05, 3.63) is 22.7 Å². The maximum atomic E-state index is 11.0. The van der Waals surface area contributed by atoms with Gasteiger partial charge >= 0.3 is 0 Å². The Morgan fingerprint density at radius 2 is 2.00 bits per heavy atom. The van der Waals surface area contributed by atoms with Crippen LogP contribution in [-0.4, -0.2) is 21.0 Å². The smallest absolute Gasteiger partial charge is 0.149 e. The topological polar surface area (TPSA) is 26.3 Å². The Bertz CT molecular complexity index is 397. The van der Waals surface area contributed by atoms with Crippen LogP contribution in [0.1, 0.15) is 17.3 Å². The normalized spacial score (nSPS) is 11.3. The van der Waals surface area contributed by atoms with E-state index in [0.29, 0.717) is 22.9 Å². The molecule has 88 valence electrons. The summed E-state index contributed by atoms with van der Waals surface area (Å²) >= 11 is 6.31. The van der Waals surface area contributed by atoms with E-state index in [-0.39, 0.29) is 0 Å². The number of ether oxygens (including phenoxy) is 1. The molecule has 0 amide bonds. The highest BCUT2D eigenvalue weighted by molar-refractivity contribution is 6.91. The van der Waals surface area contributed by atoms with Crippen molar-refractivity contribution in [2.75, 3.05) is 6.61 Å². The number of carbonyl (C=O) groups excluding carboxylic acids is 1. The predicted molar refractivity (Wildman–Crippen MR) is 71.0 cm³/mol. The Balaban J connectivity index is 3.40. The molecule has 0 unspecified atom stereocenters. The molecule has 0 radical (unpaired) electrons. The summed E-state index contributed by atoms with van der Waals surface area (Å²) in [5.41, 5.74) is 0.688. The van der Waals surface area contributed by atoms with Gasteiger partial charge in [0.15, 0.2) is 0 Å². The van der Waals surface area contributed by atoms with Crippen LogP contribution in [-0.2, 0) is 0 Å². The number of aldehydes is 1. The minimum atomic E-state index is -1.65. The number of rotatable bonds is 4. The third-order valence-electron chi connectivity index (χ3n) is 2.32. The first kappa shape index (κ1) is 13.3. The van der Waals surface area contributed by atoms with Gasteiger partial charge in [-0.25, -0.2) is 0 Å². The molecule has 0 spiro atoms. The minimum Gasteiger partial charge on any atom is -0.492 e. The molecule has 0 aliphatic rings. The minimum absolute atomic E-state index is 0.575. The molecule has 1 aromatic carbocycles. The monoisotopic (exact) mass is 256 g/mol. The van der Waals surface area contributed by atoms with Crippen molar-refractivity contribution in [3.8, 4) is 5.75 Å². The van der Waals surface area contributed by atoms with Gasteiger partial charge in [0.05, 0.1) is 19.7 Å². The van der Waals surface area contributed by atoms with E-state index < -0.39 is 8.07 Å². The lowest BCUT2D eigenvalue weighted by atomic mass is 10.2. The zero-order valence-electron chi connectivity index (χ0n) is 10.1. The second kappa shape index (κ2) is 5.02. The van der Waals surface area contributed by atoms with Crippen molar-refractivity contribution < 1.29 is 9.53 Å². The van der Waals surface area contributed by atoms with E-state index in [2.05, 4.69) is 19.6 Å². The Labute approximate surface area is 103 Å². The van der Waals surface area contributed by atoms with Crippen LogP contribution in [0.4, 0.5) is 0 Å². The van der Waals surface area contributed by atoms with Crippen molar-refractivity contribution in [1.82, 2.24) is 0 Å². The average molecular weight is 257 g/mol. The standard InChI is InChI=1S/C12H17ClO2Si/c1-5-15-10-7-6-9(8-14)12(11(10)13)16(2,3)4/h6-8H,5H2,1-4H3. The van der Waals surface area contributed by atoms with Crippen LogP contribution in [0.25, 0.3) is 0 Å². The third kappa shape index (κ3) is 2.65.